The fourth-order valence-electron chi connectivity index (χ4n) is 5.89. The van der Waals surface area contributed by atoms with Gasteiger partial charge in [-0.1, -0.05) is 36.4 Å². The molecule has 0 atom stereocenters. The highest BCUT2D eigenvalue weighted by Gasteiger charge is 2.18. The van der Waals surface area contributed by atoms with Gasteiger partial charge >= 0.3 is 0 Å². The van der Waals surface area contributed by atoms with Gasteiger partial charge in [-0.2, -0.15) is 0 Å². The van der Waals surface area contributed by atoms with E-state index >= 15 is 0 Å². The van der Waals surface area contributed by atoms with Crippen molar-refractivity contribution in [3.8, 4) is 0 Å². The lowest BCUT2D eigenvalue weighted by Crippen LogP contribution is -3.00. The van der Waals surface area contributed by atoms with Crippen molar-refractivity contribution in [1.29, 1.82) is 0 Å². The second kappa shape index (κ2) is 11.0. The SMILES string of the molecule is Cc1c2c(cc[n+]1C)c1ccccc1n2CCCCCn1c2ccccc2c2cc[n+](C)c(C)c21.[Br-].[Br-]. The summed E-state index contributed by atoms with van der Waals surface area (Å²) < 4.78 is 9.57. The van der Waals surface area contributed by atoms with Gasteiger partial charge < -0.3 is 43.1 Å². The van der Waals surface area contributed by atoms with E-state index in [0.29, 0.717) is 0 Å². The minimum Gasteiger partial charge on any atom is -1.00 e. The van der Waals surface area contributed by atoms with Gasteiger partial charge in [0.05, 0.1) is 0 Å². The van der Waals surface area contributed by atoms with E-state index in [2.05, 4.69) is 119 Å². The molecule has 0 amide bonds. The molecule has 0 saturated heterocycles. The third-order valence-electron chi connectivity index (χ3n) is 7.96. The molecule has 0 spiro atoms. The predicted molar refractivity (Wildman–Crippen MR) is 145 cm³/mol. The average molecular weight is 622 g/mol. The van der Waals surface area contributed by atoms with Crippen molar-refractivity contribution in [3.63, 3.8) is 0 Å². The number of aryl methyl sites for hydroxylation is 6. The maximum absolute atomic E-state index is 2.55. The summed E-state index contributed by atoms with van der Waals surface area (Å²) in [6, 6.07) is 22.2. The van der Waals surface area contributed by atoms with Crippen LogP contribution in [0, 0.1) is 13.8 Å². The van der Waals surface area contributed by atoms with Crippen LogP contribution in [0.2, 0.25) is 0 Å². The number of para-hydroxylation sites is 2. The van der Waals surface area contributed by atoms with Crippen LogP contribution in [0.25, 0.3) is 43.6 Å². The minimum absolute atomic E-state index is 0. The molecule has 0 radical (unpaired) electrons. The first-order valence-corrected chi connectivity index (χ1v) is 12.8. The van der Waals surface area contributed by atoms with E-state index < -0.39 is 0 Å². The van der Waals surface area contributed by atoms with Crippen LogP contribution in [-0.2, 0) is 27.2 Å². The van der Waals surface area contributed by atoms with Crippen molar-refractivity contribution < 1.29 is 43.1 Å². The Labute approximate surface area is 239 Å². The molecule has 0 aliphatic rings. The molecule has 2 aromatic carbocycles. The van der Waals surface area contributed by atoms with Gasteiger partial charge in [0.15, 0.2) is 12.4 Å². The number of pyridine rings is 2. The summed E-state index contributed by atoms with van der Waals surface area (Å²) in [5.74, 6) is 0. The van der Waals surface area contributed by atoms with Crippen LogP contribution in [0.5, 0.6) is 0 Å². The number of unbranched alkanes of at least 4 members (excludes halogenated alkanes) is 2. The van der Waals surface area contributed by atoms with Gasteiger partial charge in [0.25, 0.3) is 0 Å². The Hall–Kier alpha value is -2.70. The Bertz CT molecular complexity index is 1600. The second-order valence-electron chi connectivity index (χ2n) is 9.95. The molecule has 0 saturated carbocycles. The third kappa shape index (κ3) is 4.48. The first-order valence-electron chi connectivity index (χ1n) is 12.8. The Balaban J connectivity index is 0.00000160. The van der Waals surface area contributed by atoms with Crippen LogP contribution in [-0.4, -0.2) is 9.13 Å². The zero-order valence-corrected chi connectivity index (χ0v) is 25.2. The molecule has 192 valence electrons. The van der Waals surface area contributed by atoms with Crippen LogP contribution in [0.15, 0.2) is 73.1 Å². The van der Waals surface area contributed by atoms with E-state index in [1.165, 1.54) is 74.3 Å². The van der Waals surface area contributed by atoms with Crippen molar-refractivity contribution in [2.24, 2.45) is 14.1 Å². The van der Waals surface area contributed by atoms with Crippen LogP contribution in [0.3, 0.4) is 0 Å². The first-order chi connectivity index (χ1) is 17.1. The zero-order chi connectivity index (χ0) is 24.1. The van der Waals surface area contributed by atoms with Gasteiger partial charge in [0.2, 0.25) is 11.4 Å². The molecular weight excluding hydrogens is 588 g/mol. The largest absolute Gasteiger partial charge is 1.00 e. The van der Waals surface area contributed by atoms with E-state index in [0.717, 1.165) is 13.1 Å². The van der Waals surface area contributed by atoms with Gasteiger partial charge in [-0.3, -0.25) is 0 Å². The number of benzene rings is 2. The highest BCUT2D eigenvalue weighted by atomic mass is 79.9. The minimum atomic E-state index is 0. The summed E-state index contributed by atoms with van der Waals surface area (Å²) >= 11 is 0. The molecule has 4 heterocycles. The van der Waals surface area contributed by atoms with Crippen LogP contribution in [0.4, 0.5) is 0 Å². The number of hydrogen-bond acceptors (Lipinski definition) is 0. The van der Waals surface area contributed by atoms with Crippen LogP contribution >= 0.6 is 0 Å². The zero-order valence-electron chi connectivity index (χ0n) is 22.0. The number of rotatable bonds is 6. The maximum atomic E-state index is 2.55. The molecule has 0 bridgehead atoms. The van der Waals surface area contributed by atoms with Gasteiger partial charge in [0.1, 0.15) is 25.1 Å². The summed E-state index contributed by atoms with van der Waals surface area (Å²) in [4.78, 5) is 0. The molecule has 6 aromatic rings. The van der Waals surface area contributed by atoms with Gasteiger partial charge in [-0.15, -0.1) is 0 Å². The van der Waals surface area contributed by atoms with E-state index in [4.69, 9.17) is 0 Å². The molecule has 0 aliphatic carbocycles. The Morgan fingerprint density at radius 2 is 0.946 bits per heavy atom. The average Bonchev–Trinajstić information content (AvgIpc) is 3.37. The fourth-order valence-corrected chi connectivity index (χ4v) is 5.89. The standard InChI is InChI=1S/C31H34N4.2BrH/c1-22-30-26(16-20-32(22)3)24-12-6-8-14-28(24)34(30)18-10-5-11-19-35-29-15-9-7-13-25(29)27-17-21-33(4)23(2)31(27)35;;/h6-9,12-17,20-21H,5,10-11,18-19H2,1-4H3;2*1H/q+2;;/p-2. The third-order valence-corrected chi connectivity index (χ3v) is 7.96. The summed E-state index contributed by atoms with van der Waals surface area (Å²) in [5, 5.41) is 5.45. The van der Waals surface area contributed by atoms with Crippen molar-refractivity contribution >= 4 is 43.6 Å². The van der Waals surface area contributed by atoms with E-state index in [1.807, 2.05) is 0 Å². The Morgan fingerprint density at radius 1 is 0.541 bits per heavy atom. The topological polar surface area (TPSA) is 17.6 Å². The summed E-state index contributed by atoms with van der Waals surface area (Å²) in [5.41, 5.74) is 8.10. The van der Waals surface area contributed by atoms with E-state index in [9.17, 15) is 0 Å². The summed E-state index contributed by atoms with van der Waals surface area (Å²) in [6.45, 7) is 6.58. The van der Waals surface area contributed by atoms with Crippen molar-refractivity contribution in [3.05, 3.63) is 84.4 Å². The molecule has 0 N–H and O–H groups in total. The van der Waals surface area contributed by atoms with Crippen LogP contribution < -0.4 is 43.1 Å². The quantitative estimate of drug-likeness (QED) is 0.185. The fraction of sp³-hybridized carbons (Fsp3) is 0.290. The molecule has 0 fully saturated rings. The first kappa shape index (κ1) is 27.3. The molecule has 4 nitrogen and oxygen atoms in total. The van der Waals surface area contributed by atoms with Crippen molar-refractivity contribution in [2.75, 3.05) is 0 Å². The lowest BCUT2D eigenvalue weighted by atomic mass is 10.2. The van der Waals surface area contributed by atoms with Crippen LogP contribution in [0.1, 0.15) is 30.7 Å². The number of halogens is 2. The monoisotopic (exact) mass is 620 g/mol. The molecule has 0 unspecified atom stereocenters. The number of hydrogen-bond donors (Lipinski definition) is 0. The highest BCUT2D eigenvalue weighted by molar-refractivity contribution is 6.09. The number of aromatic nitrogens is 4. The van der Waals surface area contributed by atoms with Gasteiger partial charge in [-0.05, 0) is 31.4 Å². The molecule has 37 heavy (non-hydrogen) atoms. The normalized spacial score (nSPS) is 11.4. The molecule has 4 aromatic heterocycles. The van der Waals surface area contributed by atoms with E-state index in [1.54, 1.807) is 0 Å². The van der Waals surface area contributed by atoms with E-state index in [-0.39, 0.29) is 34.0 Å². The summed E-state index contributed by atoms with van der Waals surface area (Å²) in [6.07, 6.45) is 7.92. The van der Waals surface area contributed by atoms with Gasteiger partial charge in [0, 0.05) is 71.6 Å². The van der Waals surface area contributed by atoms with Crippen molar-refractivity contribution in [2.45, 2.75) is 46.2 Å². The molecule has 6 heteroatoms. The molecule has 6 rings (SSSR count). The highest BCUT2D eigenvalue weighted by Crippen LogP contribution is 2.31. The smallest absolute Gasteiger partial charge is 0.202 e. The lowest BCUT2D eigenvalue weighted by Gasteiger charge is -2.10. The molecule has 0 aliphatic heterocycles. The maximum Gasteiger partial charge on any atom is 0.202 e. The predicted octanol–water partition coefficient (Wildman–Crippen LogP) is 0.0467. The second-order valence-corrected chi connectivity index (χ2v) is 9.95. The Kier molecular flexibility index (Phi) is 8.10. The van der Waals surface area contributed by atoms with Gasteiger partial charge in [-0.25, -0.2) is 9.13 Å². The lowest BCUT2D eigenvalue weighted by molar-refractivity contribution is -0.676. The Morgan fingerprint density at radius 3 is 1.38 bits per heavy atom. The van der Waals surface area contributed by atoms with Crippen molar-refractivity contribution in [1.82, 2.24) is 9.13 Å². The summed E-state index contributed by atoms with van der Waals surface area (Å²) in [7, 11) is 4.29. The molecular formula is C31H34Br2N4. The number of fused-ring (bicyclic) bond motifs is 6. The number of nitrogens with zero attached hydrogens (tertiary/aromatic N) is 4.